The summed E-state index contributed by atoms with van der Waals surface area (Å²) < 4.78 is 4.51. The van der Waals surface area contributed by atoms with Crippen molar-refractivity contribution in [3.8, 4) is 0 Å². The van der Waals surface area contributed by atoms with Crippen LogP contribution < -0.4 is 5.32 Å². The number of hydrogen-bond donors (Lipinski definition) is 2. The summed E-state index contributed by atoms with van der Waals surface area (Å²) in [6.45, 7) is 0. The van der Waals surface area contributed by atoms with Crippen molar-refractivity contribution in [2.75, 3.05) is 18.7 Å². The number of aliphatic hydroxyl groups excluding tert-OH is 1. The van der Waals surface area contributed by atoms with Crippen LogP contribution >= 0.6 is 23.4 Å². The van der Waals surface area contributed by atoms with Gasteiger partial charge in [-0.2, -0.15) is 0 Å². The van der Waals surface area contributed by atoms with Gasteiger partial charge in [-0.1, -0.05) is 18.2 Å². The van der Waals surface area contributed by atoms with Crippen molar-refractivity contribution in [1.29, 1.82) is 0 Å². The number of alkyl carbamates (subject to hydrolysis) is 1. The Morgan fingerprint density at radius 3 is 2.72 bits per heavy atom. The van der Waals surface area contributed by atoms with Gasteiger partial charge in [-0.15, -0.1) is 23.4 Å². The predicted octanol–water partition coefficient (Wildman–Crippen LogP) is 2.10. The number of aliphatic hydroxyl groups is 1. The molecule has 0 aliphatic heterocycles. The zero-order valence-electron chi connectivity index (χ0n) is 10.0. The van der Waals surface area contributed by atoms with E-state index < -0.39 is 18.2 Å². The van der Waals surface area contributed by atoms with E-state index in [1.165, 1.54) is 18.9 Å². The summed E-state index contributed by atoms with van der Waals surface area (Å²) in [5.41, 5.74) is 0. The largest absolute Gasteiger partial charge is 0.453 e. The lowest BCUT2D eigenvalue weighted by Gasteiger charge is -2.21. The summed E-state index contributed by atoms with van der Waals surface area (Å²) in [5.74, 6) is 0.580. The zero-order valence-corrected chi connectivity index (χ0v) is 11.6. The molecule has 2 atom stereocenters. The van der Waals surface area contributed by atoms with Crippen molar-refractivity contribution in [3.63, 3.8) is 0 Å². The maximum absolute atomic E-state index is 11.2. The fourth-order valence-electron chi connectivity index (χ4n) is 1.27. The van der Waals surface area contributed by atoms with Gasteiger partial charge < -0.3 is 15.2 Å². The van der Waals surface area contributed by atoms with Gasteiger partial charge >= 0.3 is 6.09 Å². The number of benzene rings is 1. The number of carbonyl (C=O) groups excluding carboxylic acids is 1. The predicted molar refractivity (Wildman–Crippen MR) is 73.2 cm³/mol. The highest BCUT2D eigenvalue weighted by atomic mass is 35.5. The number of halogens is 1. The molecule has 0 heterocycles. The maximum Gasteiger partial charge on any atom is 0.407 e. The molecule has 1 amide bonds. The SMILES string of the molecule is COC(=O)NC(CSc1ccccc1)C(O)CCl. The molecule has 4 nitrogen and oxygen atoms in total. The molecule has 2 N–H and O–H groups in total. The summed E-state index contributed by atoms with van der Waals surface area (Å²) >= 11 is 7.14. The number of hydrogen-bond acceptors (Lipinski definition) is 4. The summed E-state index contributed by atoms with van der Waals surface area (Å²) in [7, 11) is 1.28. The average molecular weight is 290 g/mol. The first-order valence-electron chi connectivity index (χ1n) is 5.43. The Morgan fingerprint density at radius 1 is 1.50 bits per heavy atom. The Hall–Kier alpha value is -0.910. The fraction of sp³-hybridized carbons (Fsp3) is 0.417. The topological polar surface area (TPSA) is 58.6 Å². The highest BCUT2D eigenvalue weighted by molar-refractivity contribution is 7.99. The van der Waals surface area contributed by atoms with Crippen LogP contribution in [-0.4, -0.2) is 42.1 Å². The summed E-state index contributed by atoms with van der Waals surface area (Å²) in [6.07, 6.45) is -1.38. The Balaban J connectivity index is 2.53. The smallest absolute Gasteiger partial charge is 0.407 e. The van der Waals surface area contributed by atoms with E-state index in [0.717, 1.165) is 4.90 Å². The van der Waals surface area contributed by atoms with E-state index in [1.807, 2.05) is 30.3 Å². The van der Waals surface area contributed by atoms with Crippen molar-refractivity contribution in [1.82, 2.24) is 5.32 Å². The van der Waals surface area contributed by atoms with E-state index in [4.69, 9.17) is 11.6 Å². The molecule has 0 aliphatic carbocycles. The number of alkyl halides is 1. The van der Waals surface area contributed by atoms with Gasteiger partial charge in [0.05, 0.1) is 25.1 Å². The molecule has 0 spiro atoms. The summed E-state index contributed by atoms with van der Waals surface area (Å²) in [5, 5.41) is 12.3. The molecule has 0 saturated carbocycles. The van der Waals surface area contributed by atoms with Gasteiger partial charge in [0, 0.05) is 10.6 Å². The molecule has 1 rings (SSSR count). The molecule has 0 aliphatic rings. The van der Waals surface area contributed by atoms with Crippen molar-refractivity contribution >= 4 is 29.5 Å². The lowest BCUT2D eigenvalue weighted by molar-refractivity contribution is 0.133. The second kappa shape index (κ2) is 8.24. The molecule has 0 aromatic heterocycles. The van der Waals surface area contributed by atoms with Crippen LogP contribution in [-0.2, 0) is 4.74 Å². The van der Waals surface area contributed by atoms with Crippen molar-refractivity contribution < 1.29 is 14.6 Å². The standard InChI is InChI=1S/C12H16ClNO3S/c1-17-12(16)14-10(11(15)7-13)8-18-9-5-3-2-4-6-9/h2-6,10-11,15H,7-8H2,1H3,(H,14,16). The van der Waals surface area contributed by atoms with Crippen molar-refractivity contribution in [2.24, 2.45) is 0 Å². The van der Waals surface area contributed by atoms with Crippen LogP contribution in [0.2, 0.25) is 0 Å². The molecule has 2 unspecified atom stereocenters. The van der Waals surface area contributed by atoms with Crippen LogP contribution in [0.25, 0.3) is 0 Å². The minimum absolute atomic E-state index is 0.0595. The minimum Gasteiger partial charge on any atom is -0.453 e. The molecule has 0 fully saturated rings. The van der Waals surface area contributed by atoms with E-state index in [1.54, 1.807) is 0 Å². The molecule has 100 valence electrons. The first-order valence-corrected chi connectivity index (χ1v) is 6.95. The zero-order chi connectivity index (χ0) is 13.4. The summed E-state index contributed by atoms with van der Waals surface area (Å²) in [4.78, 5) is 12.2. The van der Waals surface area contributed by atoms with E-state index in [-0.39, 0.29) is 5.88 Å². The van der Waals surface area contributed by atoms with E-state index in [0.29, 0.717) is 5.75 Å². The number of methoxy groups -OCH3 is 1. The van der Waals surface area contributed by atoms with Crippen molar-refractivity contribution in [3.05, 3.63) is 30.3 Å². The van der Waals surface area contributed by atoms with Gasteiger partial charge in [0.1, 0.15) is 0 Å². The molecule has 6 heteroatoms. The van der Waals surface area contributed by atoms with Gasteiger partial charge in [0.15, 0.2) is 0 Å². The van der Waals surface area contributed by atoms with Crippen LogP contribution in [0.1, 0.15) is 0 Å². The Morgan fingerprint density at radius 2 is 2.17 bits per heavy atom. The van der Waals surface area contributed by atoms with Gasteiger partial charge in [-0.05, 0) is 12.1 Å². The second-order valence-electron chi connectivity index (χ2n) is 3.59. The monoisotopic (exact) mass is 289 g/mol. The molecule has 1 aromatic rings. The third-order valence-electron chi connectivity index (χ3n) is 2.28. The average Bonchev–Trinajstić information content (AvgIpc) is 2.43. The van der Waals surface area contributed by atoms with Crippen molar-refractivity contribution in [2.45, 2.75) is 17.0 Å². The number of nitrogens with one attached hydrogen (secondary N) is 1. The highest BCUT2D eigenvalue weighted by Gasteiger charge is 2.21. The summed E-state index contributed by atoms with van der Waals surface area (Å²) in [6, 6.07) is 9.29. The Labute approximate surface area is 116 Å². The van der Waals surface area contributed by atoms with E-state index in [2.05, 4.69) is 10.1 Å². The number of rotatable bonds is 6. The Kier molecular flexibility index (Phi) is 6.93. The van der Waals surface area contributed by atoms with Crippen LogP contribution in [0.15, 0.2) is 35.2 Å². The highest BCUT2D eigenvalue weighted by Crippen LogP contribution is 2.19. The quantitative estimate of drug-likeness (QED) is 0.622. The first-order chi connectivity index (χ1) is 8.67. The fourth-order valence-corrected chi connectivity index (χ4v) is 2.51. The van der Waals surface area contributed by atoms with E-state index in [9.17, 15) is 9.90 Å². The van der Waals surface area contributed by atoms with Gasteiger partial charge in [-0.3, -0.25) is 0 Å². The second-order valence-corrected chi connectivity index (χ2v) is 4.99. The van der Waals surface area contributed by atoms with Crippen LogP contribution in [0.5, 0.6) is 0 Å². The number of carbonyl (C=O) groups is 1. The molecule has 1 aromatic carbocycles. The number of amides is 1. The number of thioether (sulfide) groups is 1. The van der Waals surface area contributed by atoms with E-state index >= 15 is 0 Å². The molecular formula is C12H16ClNO3S. The normalized spacial score (nSPS) is 13.7. The Bertz CT molecular complexity index is 364. The minimum atomic E-state index is -0.804. The lowest BCUT2D eigenvalue weighted by atomic mass is 10.2. The molecule has 0 bridgehead atoms. The lowest BCUT2D eigenvalue weighted by Crippen LogP contribution is -2.45. The number of ether oxygens (including phenoxy) is 1. The van der Waals surface area contributed by atoms with Crippen LogP contribution in [0.4, 0.5) is 4.79 Å². The molecule has 18 heavy (non-hydrogen) atoms. The molecule has 0 saturated heterocycles. The third-order valence-corrected chi connectivity index (χ3v) is 3.73. The van der Waals surface area contributed by atoms with Gasteiger partial charge in [0.25, 0.3) is 0 Å². The van der Waals surface area contributed by atoms with Crippen LogP contribution in [0.3, 0.4) is 0 Å². The first kappa shape index (κ1) is 15.1. The van der Waals surface area contributed by atoms with Gasteiger partial charge in [0.2, 0.25) is 0 Å². The molecule has 0 radical (unpaired) electrons. The molecular weight excluding hydrogens is 274 g/mol. The van der Waals surface area contributed by atoms with Crippen LogP contribution in [0, 0.1) is 0 Å². The van der Waals surface area contributed by atoms with Gasteiger partial charge in [-0.25, -0.2) is 4.79 Å². The third kappa shape index (κ3) is 5.16. The maximum atomic E-state index is 11.2.